The van der Waals surface area contributed by atoms with Crippen LogP contribution in [-0.4, -0.2) is 13.0 Å². The Balaban J connectivity index is 2.37. The Morgan fingerprint density at radius 1 is 1.33 bits per heavy atom. The highest BCUT2D eigenvalue weighted by atomic mass is 32.2. The van der Waals surface area contributed by atoms with E-state index in [1.54, 1.807) is 18.9 Å². The van der Waals surface area contributed by atoms with Gasteiger partial charge in [-0.05, 0) is 17.7 Å². The molecule has 0 aromatic heterocycles. The van der Waals surface area contributed by atoms with Crippen molar-refractivity contribution < 1.29 is 4.74 Å². The second-order valence-electron chi connectivity index (χ2n) is 2.50. The van der Waals surface area contributed by atoms with Gasteiger partial charge < -0.3 is 10.5 Å². The zero-order valence-electron chi connectivity index (χ0n) is 7.12. The molecule has 0 aliphatic carbocycles. The predicted molar refractivity (Wildman–Crippen MR) is 54.0 cm³/mol. The Hall–Kier alpha value is -0.670. The summed E-state index contributed by atoms with van der Waals surface area (Å²) in [6.45, 7) is 0. The maximum absolute atomic E-state index is 5.55. The summed E-state index contributed by atoms with van der Waals surface area (Å²) in [6, 6.07) is 7.92. The van der Waals surface area contributed by atoms with Crippen LogP contribution in [0.15, 0.2) is 24.3 Å². The standard InChI is InChI=1S/C9H13NOS/c1-11-7-12-6-8-2-4-9(10)5-3-8/h2-5H,6-7,10H2,1H3. The number of nitrogen functional groups attached to an aromatic ring is 1. The molecule has 0 aliphatic rings. The summed E-state index contributed by atoms with van der Waals surface area (Å²) in [5.74, 6) is 1.72. The normalized spacial score (nSPS) is 10.1. The number of rotatable bonds is 4. The first-order valence-electron chi connectivity index (χ1n) is 3.74. The highest BCUT2D eigenvalue weighted by Gasteiger charge is 1.91. The minimum absolute atomic E-state index is 0.740. The largest absolute Gasteiger partial charge is 0.399 e. The molecule has 12 heavy (non-hydrogen) atoms. The first-order valence-corrected chi connectivity index (χ1v) is 4.89. The van der Waals surface area contributed by atoms with Crippen molar-refractivity contribution in [3.05, 3.63) is 29.8 Å². The van der Waals surface area contributed by atoms with Crippen LogP contribution in [0.3, 0.4) is 0 Å². The summed E-state index contributed by atoms with van der Waals surface area (Å²) in [5, 5.41) is 0. The smallest absolute Gasteiger partial charge is 0.0920 e. The molecule has 0 radical (unpaired) electrons. The quantitative estimate of drug-likeness (QED) is 0.441. The molecule has 0 fully saturated rings. The number of ether oxygens (including phenoxy) is 1. The van der Waals surface area contributed by atoms with Crippen LogP contribution in [0, 0.1) is 0 Å². The van der Waals surface area contributed by atoms with Crippen molar-refractivity contribution in [1.82, 2.24) is 0 Å². The van der Waals surface area contributed by atoms with Crippen molar-refractivity contribution in [3.63, 3.8) is 0 Å². The third kappa shape index (κ3) is 3.15. The zero-order chi connectivity index (χ0) is 8.81. The number of methoxy groups -OCH3 is 1. The Bertz CT molecular complexity index is 222. The van der Waals surface area contributed by atoms with Crippen molar-refractivity contribution in [1.29, 1.82) is 0 Å². The molecule has 1 aromatic rings. The molecular formula is C9H13NOS. The average molecular weight is 183 g/mol. The summed E-state index contributed by atoms with van der Waals surface area (Å²) in [4.78, 5) is 0. The predicted octanol–water partition coefficient (Wildman–Crippen LogP) is 2.11. The number of benzene rings is 1. The van der Waals surface area contributed by atoms with Crippen molar-refractivity contribution in [2.45, 2.75) is 5.75 Å². The van der Waals surface area contributed by atoms with Gasteiger partial charge in [-0.15, -0.1) is 11.8 Å². The molecule has 1 rings (SSSR count). The number of hydrogen-bond acceptors (Lipinski definition) is 3. The Morgan fingerprint density at radius 3 is 2.58 bits per heavy atom. The van der Waals surface area contributed by atoms with E-state index < -0.39 is 0 Å². The van der Waals surface area contributed by atoms with Crippen LogP contribution in [-0.2, 0) is 10.5 Å². The molecule has 0 unspecified atom stereocenters. The fraction of sp³-hybridized carbons (Fsp3) is 0.333. The minimum Gasteiger partial charge on any atom is -0.399 e. The summed E-state index contributed by atoms with van der Waals surface area (Å²) < 4.78 is 4.93. The Kier molecular flexibility index (Phi) is 3.97. The van der Waals surface area contributed by atoms with Crippen LogP contribution in [0.25, 0.3) is 0 Å². The van der Waals surface area contributed by atoms with Gasteiger partial charge in [0.25, 0.3) is 0 Å². The van der Waals surface area contributed by atoms with E-state index in [-0.39, 0.29) is 0 Å². The van der Waals surface area contributed by atoms with Crippen LogP contribution in [0.4, 0.5) is 5.69 Å². The van der Waals surface area contributed by atoms with E-state index in [1.807, 2.05) is 24.3 Å². The molecule has 0 saturated heterocycles. The molecule has 3 heteroatoms. The Morgan fingerprint density at radius 2 is 2.00 bits per heavy atom. The van der Waals surface area contributed by atoms with Gasteiger partial charge in [0.1, 0.15) is 0 Å². The number of thioether (sulfide) groups is 1. The van der Waals surface area contributed by atoms with E-state index in [1.165, 1.54) is 5.56 Å². The van der Waals surface area contributed by atoms with Gasteiger partial charge in [0, 0.05) is 18.6 Å². The number of hydrogen-bond donors (Lipinski definition) is 1. The molecular weight excluding hydrogens is 170 g/mol. The second kappa shape index (κ2) is 5.06. The molecule has 0 bridgehead atoms. The van der Waals surface area contributed by atoms with Crippen molar-refractivity contribution >= 4 is 17.4 Å². The highest BCUT2D eigenvalue weighted by Crippen LogP contribution is 2.13. The van der Waals surface area contributed by atoms with E-state index in [2.05, 4.69) is 0 Å². The summed E-state index contributed by atoms with van der Waals surface area (Å²) in [5.41, 5.74) is 7.65. The molecule has 0 aliphatic heterocycles. The van der Waals surface area contributed by atoms with Crippen molar-refractivity contribution in [2.75, 3.05) is 18.8 Å². The molecule has 1 aromatic carbocycles. The number of anilines is 1. The van der Waals surface area contributed by atoms with Gasteiger partial charge in [0.15, 0.2) is 0 Å². The Labute approximate surface area is 77.1 Å². The SMILES string of the molecule is COCSCc1ccc(N)cc1. The van der Waals surface area contributed by atoms with Crippen molar-refractivity contribution in [3.8, 4) is 0 Å². The molecule has 0 saturated carbocycles. The molecule has 0 atom stereocenters. The average Bonchev–Trinajstić information content (AvgIpc) is 2.09. The summed E-state index contributed by atoms with van der Waals surface area (Å²) >= 11 is 1.75. The van der Waals surface area contributed by atoms with Gasteiger partial charge >= 0.3 is 0 Å². The van der Waals surface area contributed by atoms with E-state index >= 15 is 0 Å². The van der Waals surface area contributed by atoms with Gasteiger partial charge in [-0.2, -0.15) is 0 Å². The van der Waals surface area contributed by atoms with Crippen LogP contribution < -0.4 is 5.73 Å². The van der Waals surface area contributed by atoms with Gasteiger partial charge in [-0.25, -0.2) is 0 Å². The monoisotopic (exact) mass is 183 g/mol. The van der Waals surface area contributed by atoms with E-state index in [9.17, 15) is 0 Å². The summed E-state index contributed by atoms with van der Waals surface area (Å²) in [6.07, 6.45) is 0. The van der Waals surface area contributed by atoms with E-state index in [4.69, 9.17) is 10.5 Å². The first-order chi connectivity index (χ1) is 5.83. The lowest BCUT2D eigenvalue weighted by atomic mass is 10.2. The topological polar surface area (TPSA) is 35.2 Å². The summed E-state index contributed by atoms with van der Waals surface area (Å²) in [7, 11) is 1.70. The third-order valence-electron chi connectivity index (χ3n) is 1.45. The third-order valence-corrected chi connectivity index (χ3v) is 2.39. The molecule has 0 amide bonds. The lowest BCUT2D eigenvalue weighted by Gasteiger charge is -2.00. The fourth-order valence-electron chi connectivity index (χ4n) is 0.857. The maximum atomic E-state index is 5.55. The second-order valence-corrected chi connectivity index (χ2v) is 3.43. The lowest BCUT2D eigenvalue weighted by Crippen LogP contribution is -1.87. The van der Waals surface area contributed by atoms with Gasteiger partial charge in [-0.3, -0.25) is 0 Å². The number of nitrogens with two attached hydrogens (primary N) is 1. The van der Waals surface area contributed by atoms with Crippen LogP contribution >= 0.6 is 11.8 Å². The van der Waals surface area contributed by atoms with E-state index in [0.29, 0.717) is 0 Å². The molecule has 66 valence electrons. The van der Waals surface area contributed by atoms with Crippen LogP contribution in [0.2, 0.25) is 0 Å². The lowest BCUT2D eigenvalue weighted by molar-refractivity contribution is 0.259. The molecule has 0 heterocycles. The first kappa shape index (κ1) is 9.42. The van der Waals surface area contributed by atoms with Gasteiger partial charge in [-0.1, -0.05) is 12.1 Å². The minimum atomic E-state index is 0.740. The molecule has 2 nitrogen and oxygen atoms in total. The van der Waals surface area contributed by atoms with E-state index in [0.717, 1.165) is 17.4 Å². The van der Waals surface area contributed by atoms with Crippen LogP contribution in [0.5, 0.6) is 0 Å². The van der Waals surface area contributed by atoms with Gasteiger partial charge in [0.05, 0.1) is 5.94 Å². The molecule has 0 spiro atoms. The van der Waals surface area contributed by atoms with Gasteiger partial charge in [0.2, 0.25) is 0 Å². The van der Waals surface area contributed by atoms with Crippen LogP contribution in [0.1, 0.15) is 5.56 Å². The highest BCUT2D eigenvalue weighted by molar-refractivity contribution is 7.98. The zero-order valence-corrected chi connectivity index (χ0v) is 7.93. The molecule has 2 N–H and O–H groups in total. The fourth-order valence-corrected chi connectivity index (χ4v) is 1.53. The van der Waals surface area contributed by atoms with Crippen molar-refractivity contribution in [2.24, 2.45) is 0 Å². The maximum Gasteiger partial charge on any atom is 0.0920 e.